The highest BCUT2D eigenvalue weighted by Crippen LogP contribution is 2.38. The maximum atomic E-state index is 12.3. The summed E-state index contributed by atoms with van der Waals surface area (Å²) in [6.07, 6.45) is 5.63. The van der Waals surface area contributed by atoms with Crippen LogP contribution in [0.2, 0.25) is 0 Å². The first-order chi connectivity index (χ1) is 11.7. The first-order valence-corrected chi connectivity index (χ1v) is 8.69. The van der Waals surface area contributed by atoms with Gasteiger partial charge in [-0.1, -0.05) is 0 Å². The van der Waals surface area contributed by atoms with Crippen molar-refractivity contribution in [1.82, 2.24) is 9.88 Å². The minimum absolute atomic E-state index is 0.206. The Kier molecular flexibility index (Phi) is 3.96. The first-order valence-electron chi connectivity index (χ1n) is 8.69. The van der Waals surface area contributed by atoms with E-state index in [1.165, 1.54) is 10.9 Å². The summed E-state index contributed by atoms with van der Waals surface area (Å²) in [5.74, 6) is 1.14. The summed E-state index contributed by atoms with van der Waals surface area (Å²) >= 11 is 0. The van der Waals surface area contributed by atoms with E-state index in [4.69, 9.17) is 9.47 Å². The lowest BCUT2D eigenvalue weighted by molar-refractivity contribution is -0.137. The van der Waals surface area contributed by atoms with Gasteiger partial charge >= 0.3 is 0 Å². The molecule has 5 heteroatoms. The number of likely N-dealkylation sites (tertiary alicyclic amines) is 1. The Hall–Kier alpha value is -2.01. The van der Waals surface area contributed by atoms with E-state index in [1.807, 2.05) is 23.2 Å². The zero-order valence-electron chi connectivity index (χ0n) is 14.1. The number of nitrogens with one attached hydrogen (secondary N) is 1. The molecule has 1 spiro atoms. The number of aromatic amines is 1. The fraction of sp³-hybridized carbons (Fsp3) is 0.526. The molecule has 1 N–H and O–H groups in total. The van der Waals surface area contributed by atoms with E-state index in [1.54, 1.807) is 7.11 Å². The number of aromatic nitrogens is 1. The molecule has 0 unspecified atom stereocenters. The van der Waals surface area contributed by atoms with Gasteiger partial charge in [0.25, 0.3) is 0 Å². The Bertz CT molecular complexity index is 746. The molecule has 3 heterocycles. The highest BCUT2D eigenvalue weighted by atomic mass is 16.5. The lowest BCUT2D eigenvalue weighted by Gasteiger charge is -2.39. The first kappa shape index (κ1) is 15.5. The number of nitrogens with zero attached hydrogens (tertiary/aromatic N) is 1. The van der Waals surface area contributed by atoms with Crippen LogP contribution in [0.1, 0.15) is 24.8 Å². The Morgan fingerprint density at radius 1 is 1.38 bits per heavy atom. The van der Waals surface area contributed by atoms with Crippen LogP contribution < -0.4 is 4.74 Å². The van der Waals surface area contributed by atoms with Gasteiger partial charge in [-0.3, -0.25) is 4.79 Å². The number of piperidine rings is 1. The topological polar surface area (TPSA) is 54.6 Å². The van der Waals surface area contributed by atoms with Gasteiger partial charge in [-0.25, -0.2) is 0 Å². The quantitative estimate of drug-likeness (QED) is 0.939. The van der Waals surface area contributed by atoms with Crippen LogP contribution in [0.15, 0.2) is 24.4 Å². The van der Waals surface area contributed by atoms with Gasteiger partial charge in [-0.15, -0.1) is 0 Å². The molecule has 4 rings (SSSR count). The van der Waals surface area contributed by atoms with Gasteiger partial charge in [-0.05, 0) is 43.0 Å². The number of carbonyl (C=O) groups excluding carboxylic acids is 1. The molecule has 2 fully saturated rings. The number of ether oxygens (including phenoxy) is 2. The van der Waals surface area contributed by atoms with Crippen LogP contribution in [-0.2, 0) is 16.0 Å². The molecule has 0 saturated carbocycles. The van der Waals surface area contributed by atoms with Crippen LogP contribution in [0.5, 0.6) is 5.75 Å². The summed E-state index contributed by atoms with van der Waals surface area (Å²) in [5.41, 5.74) is 2.55. The SMILES string of the molecule is COc1ccc2[nH]cc(CCN3C[C@@]4(CCOC4)CCC3=O)c2c1. The molecule has 2 aliphatic rings. The number of hydrogen-bond acceptors (Lipinski definition) is 3. The molecule has 1 amide bonds. The van der Waals surface area contributed by atoms with Crippen molar-refractivity contribution in [3.05, 3.63) is 30.0 Å². The third-order valence-electron chi connectivity index (χ3n) is 5.56. The molecule has 1 atom stereocenters. The average Bonchev–Trinajstić information content (AvgIpc) is 3.22. The van der Waals surface area contributed by atoms with E-state index in [2.05, 4.69) is 11.1 Å². The fourth-order valence-corrected chi connectivity index (χ4v) is 4.02. The van der Waals surface area contributed by atoms with Crippen LogP contribution in [-0.4, -0.2) is 49.2 Å². The van der Waals surface area contributed by atoms with Crippen molar-refractivity contribution in [2.45, 2.75) is 25.7 Å². The van der Waals surface area contributed by atoms with Gasteiger partial charge in [0.2, 0.25) is 5.91 Å². The fourth-order valence-electron chi connectivity index (χ4n) is 4.02. The van der Waals surface area contributed by atoms with Crippen LogP contribution in [0.4, 0.5) is 0 Å². The number of hydrogen-bond donors (Lipinski definition) is 1. The molecule has 0 bridgehead atoms. The zero-order valence-corrected chi connectivity index (χ0v) is 14.1. The Balaban J connectivity index is 1.48. The number of carbonyl (C=O) groups is 1. The predicted molar refractivity (Wildman–Crippen MR) is 92.2 cm³/mol. The van der Waals surface area contributed by atoms with E-state index in [9.17, 15) is 4.79 Å². The molecule has 0 radical (unpaired) electrons. The minimum Gasteiger partial charge on any atom is -0.497 e. The standard InChI is InChI=1S/C19H24N2O3/c1-23-15-2-3-17-16(10-15)14(11-20-17)5-8-21-12-19(6-4-18(21)22)7-9-24-13-19/h2-3,10-11,20H,4-9,12-13H2,1H3/t19-/m0/s1. The normalized spacial score (nSPS) is 24.2. The van der Waals surface area contributed by atoms with E-state index >= 15 is 0 Å². The van der Waals surface area contributed by atoms with Crippen molar-refractivity contribution in [1.29, 1.82) is 0 Å². The van der Waals surface area contributed by atoms with Gasteiger partial charge in [0, 0.05) is 48.6 Å². The molecule has 2 aromatic rings. The zero-order chi connectivity index (χ0) is 16.6. The van der Waals surface area contributed by atoms with Gasteiger partial charge in [0.05, 0.1) is 13.7 Å². The van der Waals surface area contributed by atoms with Crippen molar-refractivity contribution >= 4 is 16.8 Å². The molecule has 128 valence electrons. The highest BCUT2D eigenvalue weighted by molar-refractivity contribution is 5.84. The number of fused-ring (bicyclic) bond motifs is 1. The molecule has 24 heavy (non-hydrogen) atoms. The largest absolute Gasteiger partial charge is 0.497 e. The van der Waals surface area contributed by atoms with Crippen molar-refractivity contribution in [2.75, 3.05) is 33.4 Å². The maximum Gasteiger partial charge on any atom is 0.222 e. The molecular weight excluding hydrogens is 304 g/mol. The van der Waals surface area contributed by atoms with Gasteiger partial charge < -0.3 is 19.4 Å². The number of rotatable bonds is 4. The molecule has 1 aromatic carbocycles. The van der Waals surface area contributed by atoms with Crippen molar-refractivity contribution in [2.24, 2.45) is 5.41 Å². The van der Waals surface area contributed by atoms with Crippen LogP contribution in [0, 0.1) is 5.41 Å². The number of amides is 1. The second-order valence-corrected chi connectivity index (χ2v) is 7.09. The smallest absolute Gasteiger partial charge is 0.222 e. The number of benzene rings is 1. The predicted octanol–water partition coefficient (Wildman–Crippen LogP) is 2.75. The number of H-pyrrole nitrogens is 1. The summed E-state index contributed by atoms with van der Waals surface area (Å²) in [7, 11) is 1.68. The summed E-state index contributed by atoms with van der Waals surface area (Å²) in [5, 5.41) is 1.18. The van der Waals surface area contributed by atoms with Crippen molar-refractivity contribution in [3.63, 3.8) is 0 Å². The second-order valence-electron chi connectivity index (χ2n) is 7.09. The summed E-state index contributed by atoms with van der Waals surface area (Å²) in [6.45, 7) is 3.26. The summed E-state index contributed by atoms with van der Waals surface area (Å²) < 4.78 is 10.9. The van der Waals surface area contributed by atoms with Crippen LogP contribution in [0.25, 0.3) is 10.9 Å². The van der Waals surface area contributed by atoms with Crippen molar-refractivity contribution in [3.8, 4) is 5.75 Å². The lowest BCUT2D eigenvalue weighted by atomic mass is 9.79. The maximum absolute atomic E-state index is 12.3. The van der Waals surface area contributed by atoms with Gasteiger partial charge in [0.15, 0.2) is 0 Å². The second kappa shape index (κ2) is 6.13. The van der Waals surface area contributed by atoms with Gasteiger partial charge in [0.1, 0.15) is 5.75 Å². The Labute approximate surface area is 141 Å². The Morgan fingerprint density at radius 3 is 3.08 bits per heavy atom. The molecule has 2 saturated heterocycles. The van der Waals surface area contributed by atoms with E-state index in [0.29, 0.717) is 6.42 Å². The molecule has 2 aliphatic heterocycles. The Morgan fingerprint density at radius 2 is 2.29 bits per heavy atom. The highest BCUT2D eigenvalue weighted by Gasteiger charge is 2.41. The summed E-state index contributed by atoms with van der Waals surface area (Å²) in [6, 6.07) is 6.06. The van der Waals surface area contributed by atoms with E-state index in [-0.39, 0.29) is 11.3 Å². The third-order valence-corrected chi connectivity index (χ3v) is 5.56. The van der Waals surface area contributed by atoms with Gasteiger partial charge in [-0.2, -0.15) is 0 Å². The van der Waals surface area contributed by atoms with Crippen LogP contribution in [0.3, 0.4) is 0 Å². The third kappa shape index (κ3) is 2.77. The van der Waals surface area contributed by atoms with Crippen molar-refractivity contribution < 1.29 is 14.3 Å². The van der Waals surface area contributed by atoms with Crippen LogP contribution >= 0.6 is 0 Å². The van der Waals surface area contributed by atoms with E-state index in [0.717, 1.165) is 56.8 Å². The molecular formula is C19H24N2O3. The monoisotopic (exact) mass is 328 g/mol. The van der Waals surface area contributed by atoms with E-state index < -0.39 is 0 Å². The molecule has 1 aromatic heterocycles. The number of methoxy groups -OCH3 is 1. The minimum atomic E-state index is 0.206. The molecule has 0 aliphatic carbocycles. The molecule has 5 nitrogen and oxygen atoms in total. The lowest BCUT2D eigenvalue weighted by Crippen LogP contribution is -2.47. The average molecular weight is 328 g/mol. The summed E-state index contributed by atoms with van der Waals surface area (Å²) in [4.78, 5) is 17.7.